The Balaban J connectivity index is 2.14. The molecule has 0 saturated heterocycles. The Morgan fingerprint density at radius 1 is 0.941 bits per heavy atom. The first-order valence-electron chi connectivity index (χ1n) is 5.48. The molecule has 3 rings (SSSR count). The van der Waals surface area contributed by atoms with Crippen LogP contribution in [-0.2, 0) is 0 Å². The maximum atomic E-state index is 5.95. The largest absolute Gasteiger partial charge is 0.456 e. The summed E-state index contributed by atoms with van der Waals surface area (Å²) in [6.07, 6.45) is 0. The van der Waals surface area contributed by atoms with Crippen LogP contribution in [0, 0.1) is 6.92 Å². The molecular weight excluding hydrogens is 232 g/mol. The van der Waals surface area contributed by atoms with E-state index >= 15 is 0 Å². The summed E-state index contributed by atoms with van der Waals surface area (Å²) in [7, 11) is 0. The highest BCUT2D eigenvalue weighted by Gasteiger charge is 2.06. The molecule has 1 aromatic heterocycles. The van der Waals surface area contributed by atoms with Gasteiger partial charge in [-0.05, 0) is 31.2 Å². The van der Waals surface area contributed by atoms with Gasteiger partial charge in [0, 0.05) is 16.0 Å². The van der Waals surface area contributed by atoms with Crippen molar-refractivity contribution >= 4 is 22.6 Å². The zero-order chi connectivity index (χ0) is 11.8. The first-order valence-corrected chi connectivity index (χ1v) is 5.86. The van der Waals surface area contributed by atoms with Gasteiger partial charge < -0.3 is 4.42 Å². The van der Waals surface area contributed by atoms with Crippen molar-refractivity contribution in [2.75, 3.05) is 0 Å². The Labute approximate surface area is 105 Å². The lowest BCUT2D eigenvalue weighted by atomic mass is 10.1. The van der Waals surface area contributed by atoms with E-state index in [0.717, 1.165) is 27.3 Å². The molecule has 0 amide bonds. The Morgan fingerprint density at radius 3 is 2.47 bits per heavy atom. The van der Waals surface area contributed by atoms with Crippen LogP contribution in [0.25, 0.3) is 22.3 Å². The molecule has 0 fully saturated rings. The SMILES string of the molecule is Cc1ccc(-c2cc3cc(Cl)ccc3o2)cc1. The second kappa shape index (κ2) is 3.94. The fraction of sp³-hybridized carbons (Fsp3) is 0.0667. The Bertz CT molecular complexity index is 665. The molecule has 0 bridgehead atoms. The molecule has 0 radical (unpaired) electrons. The fourth-order valence-electron chi connectivity index (χ4n) is 1.87. The average molecular weight is 243 g/mol. The van der Waals surface area contributed by atoms with Gasteiger partial charge in [0.25, 0.3) is 0 Å². The maximum Gasteiger partial charge on any atom is 0.135 e. The molecule has 17 heavy (non-hydrogen) atoms. The minimum absolute atomic E-state index is 0.730. The summed E-state index contributed by atoms with van der Waals surface area (Å²) < 4.78 is 5.79. The molecule has 0 aliphatic carbocycles. The summed E-state index contributed by atoms with van der Waals surface area (Å²) >= 11 is 5.95. The van der Waals surface area contributed by atoms with E-state index < -0.39 is 0 Å². The number of hydrogen-bond donors (Lipinski definition) is 0. The maximum absolute atomic E-state index is 5.95. The highest BCUT2D eigenvalue weighted by atomic mass is 35.5. The van der Waals surface area contributed by atoms with E-state index in [9.17, 15) is 0 Å². The van der Waals surface area contributed by atoms with Gasteiger partial charge in [-0.15, -0.1) is 0 Å². The van der Waals surface area contributed by atoms with Crippen molar-refractivity contribution in [3.8, 4) is 11.3 Å². The number of fused-ring (bicyclic) bond motifs is 1. The van der Waals surface area contributed by atoms with Gasteiger partial charge in [0.1, 0.15) is 11.3 Å². The van der Waals surface area contributed by atoms with E-state index in [2.05, 4.69) is 31.2 Å². The summed E-state index contributed by atoms with van der Waals surface area (Å²) in [5.74, 6) is 0.877. The molecule has 0 atom stereocenters. The van der Waals surface area contributed by atoms with Gasteiger partial charge in [0.15, 0.2) is 0 Å². The van der Waals surface area contributed by atoms with Gasteiger partial charge in [-0.1, -0.05) is 41.4 Å². The molecule has 0 N–H and O–H groups in total. The zero-order valence-corrected chi connectivity index (χ0v) is 10.2. The van der Waals surface area contributed by atoms with Crippen molar-refractivity contribution < 1.29 is 4.42 Å². The van der Waals surface area contributed by atoms with Crippen molar-refractivity contribution in [1.82, 2.24) is 0 Å². The second-order valence-electron chi connectivity index (χ2n) is 4.16. The van der Waals surface area contributed by atoms with Crippen LogP contribution in [-0.4, -0.2) is 0 Å². The first kappa shape index (κ1) is 10.4. The van der Waals surface area contributed by atoms with Crippen LogP contribution in [0.1, 0.15) is 5.56 Å². The smallest absolute Gasteiger partial charge is 0.135 e. The molecule has 0 unspecified atom stereocenters. The molecule has 0 aliphatic rings. The lowest BCUT2D eigenvalue weighted by Crippen LogP contribution is -1.74. The van der Waals surface area contributed by atoms with Crippen LogP contribution < -0.4 is 0 Å². The third-order valence-corrected chi connectivity index (χ3v) is 3.05. The highest BCUT2D eigenvalue weighted by Crippen LogP contribution is 2.29. The van der Waals surface area contributed by atoms with Gasteiger partial charge in [0.05, 0.1) is 0 Å². The molecule has 0 saturated carbocycles. The van der Waals surface area contributed by atoms with Crippen LogP contribution in [0.4, 0.5) is 0 Å². The van der Waals surface area contributed by atoms with Crippen LogP contribution in [0.3, 0.4) is 0 Å². The lowest BCUT2D eigenvalue weighted by Gasteiger charge is -1.96. The zero-order valence-electron chi connectivity index (χ0n) is 9.41. The van der Waals surface area contributed by atoms with Crippen molar-refractivity contribution in [2.24, 2.45) is 0 Å². The molecular formula is C15H11ClO. The van der Waals surface area contributed by atoms with Gasteiger partial charge in [-0.25, -0.2) is 0 Å². The van der Waals surface area contributed by atoms with Crippen LogP contribution >= 0.6 is 11.6 Å². The van der Waals surface area contributed by atoms with Crippen molar-refractivity contribution in [1.29, 1.82) is 0 Å². The summed E-state index contributed by atoms with van der Waals surface area (Å²) in [4.78, 5) is 0. The molecule has 1 heterocycles. The minimum Gasteiger partial charge on any atom is -0.456 e. The fourth-order valence-corrected chi connectivity index (χ4v) is 2.05. The van der Waals surface area contributed by atoms with Gasteiger partial charge >= 0.3 is 0 Å². The number of rotatable bonds is 1. The number of halogens is 1. The molecule has 1 nitrogen and oxygen atoms in total. The highest BCUT2D eigenvalue weighted by molar-refractivity contribution is 6.31. The third-order valence-electron chi connectivity index (χ3n) is 2.81. The molecule has 2 aromatic carbocycles. The number of aryl methyl sites for hydroxylation is 1. The molecule has 3 aromatic rings. The van der Waals surface area contributed by atoms with Gasteiger partial charge in [-0.2, -0.15) is 0 Å². The van der Waals surface area contributed by atoms with E-state index in [4.69, 9.17) is 16.0 Å². The van der Waals surface area contributed by atoms with E-state index in [0.29, 0.717) is 0 Å². The van der Waals surface area contributed by atoms with Crippen molar-refractivity contribution in [3.05, 3.63) is 59.1 Å². The topological polar surface area (TPSA) is 13.1 Å². The van der Waals surface area contributed by atoms with E-state index in [-0.39, 0.29) is 0 Å². The Morgan fingerprint density at radius 2 is 1.71 bits per heavy atom. The molecule has 2 heteroatoms. The van der Waals surface area contributed by atoms with Gasteiger partial charge in [0.2, 0.25) is 0 Å². The second-order valence-corrected chi connectivity index (χ2v) is 4.60. The molecule has 0 spiro atoms. The normalized spacial score (nSPS) is 10.9. The number of furan rings is 1. The number of benzene rings is 2. The quantitative estimate of drug-likeness (QED) is 0.581. The summed E-state index contributed by atoms with van der Waals surface area (Å²) in [6.45, 7) is 2.07. The Hall–Kier alpha value is -1.73. The lowest BCUT2D eigenvalue weighted by molar-refractivity contribution is 0.631. The average Bonchev–Trinajstić information content (AvgIpc) is 2.72. The standard InChI is InChI=1S/C15H11ClO/c1-10-2-4-11(5-3-10)15-9-12-8-13(16)6-7-14(12)17-15/h2-9H,1H3. The third kappa shape index (κ3) is 1.94. The summed E-state index contributed by atoms with van der Waals surface area (Å²) in [6, 6.07) is 16.0. The van der Waals surface area contributed by atoms with E-state index in [1.807, 2.05) is 24.3 Å². The van der Waals surface area contributed by atoms with Crippen LogP contribution in [0.15, 0.2) is 52.9 Å². The minimum atomic E-state index is 0.730. The van der Waals surface area contributed by atoms with E-state index in [1.165, 1.54) is 5.56 Å². The Kier molecular flexibility index (Phi) is 2.41. The van der Waals surface area contributed by atoms with Crippen LogP contribution in [0.2, 0.25) is 5.02 Å². The van der Waals surface area contributed by atoms with Gasteiger partial charge in [-0.3, -0.25) is 0 Å². The molecule has 84 valence electrons. The van der Waals surface area contributed by atoms with Crippen molar-refractivity contribution in [3.63, 3.8) is 0 Å². The van der Waals surface area contributed by atoms with E-state index in [1.54, 1.807) is 0 Å². The predicted molar refractivity (Wildman–Crippen MR) is 71.4 cm³/mol. The molecule has 0 aliphatic heterocycles. The monoisotopic (exact) mass is 242 g/mol. The number of hydrogen-bond acceptors (Lipinski definition) is 1. The predicted octanol–water partition coefficient (Wildman–Crippen LogP) is 5.06. The van der Waals surface area contributed by atoms with Crippen molar-refractivity contribution in [2.45, 2.75) is 6.92 Å². The van der Waals surface area contributed by atoms with Crippen LogP contribution in [0.5, 0.6) is 0 Å². The summed E-state index contributed by atoms with van der Waals surface area (Å²) in [5.41, 5.74) is 3.20. The first-order chi connectivity index (χ1) is 8.22. The summed E-state index contributed by atoms with van der Waals surface area (Å²) in [5, 5.41) is 1.77.